The molecule has 8 heavy (non-hydrogen) atoms. The van der Waals surface area contributed by atoms with Crippen LogP contribution in [0.1, 0.15) is 0 Å². The summed E-state index contributed by atoms with van der Waals surface area (Å²) in [7, 11) is 1.38. The van der Waals surface area contributed by atoms with Crippen molar-refractivity contribution >= 4 is 8.60 Å². The first-order valence-electron chi connectivity index (χ1n) is 2.08. The molecule has 0 fully saturated rings. The molecule has 0 aromatic rings. The molecule has 0 heterocycles. The summed E-state index contributed by atoms with van der Waals surface area (Å²) in [6, 6.07) is 0. The molecule has 0 aliphatic rings. The Hall–Kier alpha value is 0.270. The Bertz CT molecular complexity index is 50.5. The van der Waals surface area contributed by atoms with Gasteiger partial charge in [-0.05, 0) is 14.1 Å². The second-order valence-corrected chi connectivity index (χ2v) is 2.35. The summed E-state index contributed by atoms with van der Waals surface area (Å²) >= 11 is 0. The van der Waals surface area contributed by atoms with Crippen molar-refractivity contribution in [3.8, 4) is 0 Å². The van der Waals surface area contributed by atoms with Crippen LogP contribution >= 0.6 is 8.60 Å². The maximum atomic E-state index is 8.17. The van der Waals surface area contributed by atoms with E-state index in [-0.39, 0.29) is 6.73 Å². The van der Waals surface area contributed by atoms with E-state index >= 15 is 0 Å². The molecule has 0 aliphatic carbocycles. The van der Waals surface area contributed by atoms with Crippen LogP contribution in [0.5, 0.6) is 0 Å². The Morgan fingerprint density at radius 3 is 2.12 bits per heavy atom. The number of rotatable bonds is 3. The van der Waals surface area contributed by atoms with Crippen molar-refractivity contribution in [2.24, 2.45) is 0 Å². The molecule has 0 rings (SSSR count). The molecule has 0 aromatic heterocycles. The predicted octanol–water partition coefficient (Wildman–Crippen LogP) is -0.266. The highest BCUT2D eigenvalue weighted by Gasteiger charge is 1.97. The fourth-order valence-electron chi connectivity index (χ4n) is 0.167. The lowest BCUT2D eigenvalue weighted by molar-refractivity contribution is 0.156. The lowest BCUT2D eigenvalue weighted by Crippen LogP contribution is -2.13. The Morgan fingerprint density at radius 1 is 1.50 bits per heavy atom. The third-order valence-electron chi connectivity index (χ3n) is 0.431. The monoisotopic (exact) mass is 139 g/mol. The van der Waals surface area contributed by atoms with Crippen molar-refractivity contribution in [3.05, 3.63) is 0 Å². The fourth-order valence-corrected chi connectivity index (χ4v) is 0.501. The summed E-state index contributed by atoms with van der Waals surface area (Å²) < 4.78 is 4.41. The van der Waals surface area contributed by atoms with Crippen molar-refractivity contribution in [3.63, 3.8) is 0 Å². The molecule has 4 nitrogen and oxygen atoms in total. The van der Waals surface area contributed by atoms with E-state index in [4.69, 9.17) is 9.79 Å². The minimum absolute atomic E-state index is 0.249. The van der Waals surface area contributed by atoms with Crippen molar-refractivity contribution in [2.45, 2.75) is 0 Å². The molecule has 0 amide bonds. The van der Waals surface area contributed by atoms with E-state index in [0.717, 1.165) is 0 Å². The molecule has 0 saturated heterocycles. The first-order valence-corrected chi connectivity index (χ1v) is 3.25. The maximum Gasteiger partial charge on any atom is 0.328 e. The Labute approximate surface area is 49.7 Å². The highest BCUT2D eigenvalue weighted by atomic mass is 31.2. The van der Waals surface area contributed by atoms with Crippen LogP contribution in [0.4, 0.5) is 0 Å². The maximum absolute atomic E-state index is 8.17. The predicted molar refractivity (Wildman–Crippen MR) is 31.0 cm³/mol. The molecular formula is C3H10NO3P. The number of hydrogen-bond donors (Lipinski definition) is 2. The van der Waals surface area contributed by atoms with E-state index in [1.54, 1.807) is 19.0 Å². The van der Waals surface area contributed by atoms with E-state index in [0.29, 0.717) is 0 Å². The van der Waals surface area contributed by atoms with Crippen LogP contribution in [-0.4, -0.2) is 35.5 Å². The molecule has 50 valence electrons. The van der Waals surface area contributed by atoms with Gasteiger partial charge in [0.05, 0.1) is 0 Å². The van der Waals surface area contributed by atoms with Crippen LogP contribution in [0, 0.1) is 0 Å². The van der Waals surface area contributed by atoms with Gasteiger partial charge in [0.2, 0.25) is 0 Å². The number of hydrogen-bond acceptors (Lipinski definition) is 4. The zero-order valence-electron chi connectivity index (χ0n) is 4.90. The van der Waals surface area contributed by atoms with Gasteiger partial charge in [0.25, 0.3) is 0 Å². The topological polar surface area (TPSA) is 52.9 Å². The summed E-state index contributed by atoms with van der Waals surface area (Å²) in [6.45, 7) is 0.249. The Balaban J connectivity index is 2.93. The van der Waals surface area contributed by atoms with Gasteiger partial charge >= 0.3 is 8.60 Å². The van der Waals surface area contributed by atoms with Crippen molar-refractivity contribution in [1.82, 2.24) is 4.90 Å². The second kappa shape index (κ2) is 4.18. The molecular weight excluding hydrogens is 129 g/mol. The first kappa shape index (κ1) is 8.27. The van der Waals surface area contributed by atoms with Crippen LogP contribution < -0.4 is 0 Å². The van der Waals surface area contributed by atoms with Crippen LogP contribution in [0.15, 0.2) is 0 Å². The van der Waals surface area contributed by atoms with Gasteiger partial charge in [-0.2, -0.15) is 0 Å². The van der Waals surface area contributed by atoms with Crippen LogP contribution in [0.3, 0.4) is 0 Å². The van der Waals surface area contributed by atoms with E-state index < -0.39 is 8.60 Å². The van der Waals surface area contributed by atoms with Gasteiger partial charge in [-0.15, -0.1) is 0 Å². The zero-order chi connectivity index (χ0) is 6.57. The Kier molecular flexibility index (Phi) is 4.32. The fraction of sp³-hybridized carbons (Fsp3) is 1.00. The molecule has 0 atom stereocenters. The summed E-state index contributed by atoms with van der Waals surface area (Å²) in [5.41, 5.74) is 0. The molecule has 0 aliphatic heterocycles. The van der Waals surface area contributed by atoms with Crippen LogP contribution in [-0.2, 0) is 4.52 Å². The van der Waals surface area contributed by atoms with Crippen molar-refractivity contribution in [1.29, 1.82) is 0 Å². The smallest absolute Gasteiger partial charge is 0.328 e. The summed E-state index contributed by atoms with van der Waals surface area (Å²) in [5, 5.41) is 0. The van der Waals surface area contributed by atoms with E-state index in [9.17, 15) is 0 Å². The third-order valence-corrected chi connectivity index (χ3v) is 0.778. The summed E-state index contributed by atoms with van der Waals surface area (Å²) in [5.74, 6) is 0. The molecule has 0 bridgehead atoms. The van der Waals surface area contributed by atoms with Gasteiger partial charge in [0.1, 0.15) is 6.73 Å². The average Bonchev–Trinajstić information content (AvgIpc) is 1.61. The zero-order valence-corrected chi connectivity index (χ0v) is 5.80. The number of nitrogens with zero attached hydrogens (tertiary/aromatic N) is 1. The first-order chi connectivity index (χ1) is 3.63. The minimum Gasteiger partial charge on any atom is -0.328 e. The molecule has 2 N–H and O–H groups in total. The Morgan fingerprint density at radius 2 is 2.00 bits per heavy atom. The molecule has 0 aromatic carbocycles. The molecule has 0 unspecified atom stereocenters. The van der Waals surface area contributed by atoms with Crippen LogP contribution in [0.2, 0.25) is 0 Å². The molecule has 5 heteroatoms. The van der Waals surface area contributed by atoms with Gasteiger partial charge in [-0.25, -0.2) is 0 Å². The van der Waals surface area contributed by atoms with Gasteiger partial charge in [0, 0.05) is 0 Å². The third kappa shape index (κ3) is 6.27. The quantitative estimate of drug-likeness (QED) is 0.417. The summed E-state index contributed by atoms with van der Waals surface area (Å²) in [6.07, 6.45) is 0. The SMILES string of the molecule is CN(C)COP(O)O. The highest BCUT2D eigenvalue weighted by molar-refractivity contribution is 7.39. The average molecular weight is 139 g/mol. The minimum atomic E-state index is -2.17. The highest BCUT2D eigenvalue weighted by Crippen LogP contribution is 2.23. The summed E-state index contributed by atoms with van der Waals surface area (Å²) in [4.78, 5) is 18.0. The van der Waals surface area contributed by atoms with Crippen molar-refractivity contribution in [2.75, 3.05) is 20.8 Å². The van der Waals surface area contributed by atoms with Gasteiger partial charge in [0.15, 0.2) is 0 Å². The van der Waals surface area contributed by atoms with E-state index in [2.05, 4.69) is 4.52 Å². The lowest BCUT2D eigenvalue weighted by Gasteiger charge is -2.08. The van der Waals surface area contributed by atoms with Gasteiger partial charge in [-0.3, -0.25) is 9.42 Å². The van der Waals surface area contributed by atoms with Crippen molar-refractivity contribution < 1.29 is 14.3 Å². The standard InChI is InChI=1S/C3H10NO3P/c1-4(2)3-7-8(5)6/h5-6H,3H2,1-2H3. The van der Waals surface area contributed by atoms with Gasteiger partial charge in [-0.1, -0.05) is 0 Å². The molecule has 0 radical (unpaired) electrons. The molecule has 0 spiro atoms. The largest absolute Gasteiger partial charge is 0.328 e. The molecule has 0 saturated carbocycles. The second-order valence-electron chi connectivity index (χ2n) is 1.59. The van der Waals surface area contributed by atoms with Crippen LogP contribution in [0.25, 0.3) is 0 Å². The van der Waals surface area contributed by atoms with E-state index in [1.165, 1.54) is 0 Å². The normalized spacial score (nSPS) is 11.2. The van der Waals surface area contributed by atoms with Gasteiger partial charge < -0.3 is 9.79 Å². The lowest BCUT2D eigenvalue weighted by atomic mass is 11.0. The van der Waals surface area contributed by atoms with E-state index in [1.807, 2.05) is 0 Å².